The summed E-state index contributed by atoms with van der Waals surface area (Å²) in [6.07, 6.45) is 2.39. The fourth-order valence-electron chi connectivity index (χ4n) is 3.05. The van der Waals surface area contributed by atoms with Crippen LogP contribution in [0.15, 0.2) is 24.3 Å². The Labute approximate surface area is 144 Å². The molecule has 5 heteroatoms. The normalized spacial score (nSPS) is 15.6. The van der Waals surface area contributed by atoms with Crippen molar-refractivity contribution in [2.24, 2.45) is 0 Å². The molecule has 1 aliphatic rings. The molecule has 0 aliphatic carbocycles. The highest BCUT2D eigenvalue weighted by atomic mass is 16.5. The van der Waals surface area contributed by atoms with E-state index in [0.717, 1.165) is 18.4 Å². The van der Waals surface area contributed by atoms with E-state index in [1.54, 1.807) is 16.9 Å². The van der Waals surface area contributed by atoms with Crippen LogP contribution >= 0.6 is 0 Å². The quantitative estimate of drug-likeness (QED) is 0.733. The van der Waals surface area contributed by atoms with E-state index in [-0.39, 0.29) is 11.8 Å². The molecule has 2 rings (SSSR count). The Hall–Kier alpha value is -1.88. The van der Waals surface area contributed by atoms with Crippen LogP contribution in [0.3, 0.4) is 0 Å². The van der Waals surface area contributed by atoms with Crippen molar-refractivity contribution in [1.29, 1.82) is 0 Å². The monoisotopic (exact) mass is 332 g/mol. The number of carbonyl (C=O) groups is 2. The predicted molar refractivity (Wildman–Crippen MR) is 93.5 cm³/mol. The second-order valence-electron chi connectivity index (χ2n) is 6.29. The van der Waals surface area contributed by atoms with Crippen molar-refractivity contribution >= 4 is 11.8 Å². The van der Waals surface area contributed by atoms with E-state index in [0.29, 0.717) is 32.7 Å². The highest BCUT2D eigenvalue weighted by Crippen LogP contribution is 2.16. The Kier molecular flexibility index (Phi) is 6.79. The second kappa shape index (κ2) is 8.83. The highest BCUT2D eigenvalue weighted by Gasteiger charge is 2.31. The molecule has 1 aromatic carbocycles. The molecule has 132 valence electrons. The van der Waals surface area contributed by atoms with E-state index in [2.05, 4.69) is 31.2 Å². The van der Waals surface area contributed by atoms with E-state index in [9.17, 15) is 9.59 Å². The molecule has 1 saturated heterocycles. The maximum atomic E-state index is 12.9. The van der Waals surface area contributed by atoms with Gasteiger partial charge in [0.2, 0.25) is 11.8 Å². The maximum Gasteiger partial charge on any atom is 0.245 e. The van der Waals surface area contributed by atoms with Crippen molar-refractivity contribution in [2.45, 2.75) is 45.7 Å². The Balaban J connectivity index is 2.07. The first kappa shape index (κ1) is 18.5. The maximum absolute atomic E-state index is 12.9. The van der Waals surface area contributed by atoms with Crippen LogP contribution in [0.1, 0.15) is 37.8 Å². The van der Waals surface area contributed by atoms with Crippen LogP contribution in [0.25, 0.3) is 0 Å². The molecule has 0 saturated carbocycles. The SMILES string of the molecule is CCc1ccc(CN(CCOC)C(=O)C(C)N2CCCC2=O)cc1. The third-order valence-electron chi connectivity index (χ3n) is 4.62. The minimum absolute atomic E-state index is 0.0122. The fraction of sp³-hybridized carbons (Fsp3) is 0.579. The Morgan fingerprint density at radius 3 is 2.50 bits per heavy atom. The van der Waals surface area contributed by atoms with Crippen molar-refractivity contribution in [1.82, 2.24) is 9.80 Å². The minimum atomic E-state index is -0.410. The fourth-order valence-corrected chi connectivity index (χ4v) is 3.05. The van der Waals surface area contributed by atoms with E-state index in [4.69, 9.17) is 4.74 Å². The number of nitrogens with zero attached hydrogens (tertiary/aromatic N) is 2. The van der Waals surface area contributed by atoms with Gasteiger partial charge in [0.05, 0.1) is 6.61 Å². The van der Waals surface area contributed by atoms with Gasteiger partial charge in [-0.1, -0.05) is 31.2 Å². The molecule has 1 unspecified atom stereocenters. The molecule has 0 N–H and O–H groups in total. The van der Waals surface area contributed by atoms with Gasteiger partial charge in [0, 0.05) is 33.2 Å². The largest absolute Gasteiger partial charge is 0.383 e. The van der Waals surface area contributed by atoms with Crippen LogP contribution in [0.5, 0.6) is 0 Å². The average molecular weight is 332 g/mol. The molecule has 1 atom stereocenters. The van der Waals surface area contributed by atoms with Gasteiger partial charge in [0.25, 0.3) is 0 Å². The van der Waals surface area contributed by atoms with Gasteiger partial charge in [0.15, 0.2) is 0 Å². The first-order valence-corrected chi connectivity index (χ1v) is 8.71. The Morgan fingerprint density at radius 1 is 1.29 bits per heavy atom. The first-order valence-electron chi connectivity index (χ1n) is 8.71. The van der Waals surface area contributed by atoms with Gasteiger partial charge in [-0.15, -0.1) is 0 Å². The summed E-state index contributed by atoms with van der Waals surface area (Å²) in [5.74, 6) is 0.0664. The van der Waals surface area contributed by atoms with E-state index >= 15 is 0 Å². The van der Waals surface area contributed by atoms with Crippen molar-refractivity contribution in [2.75, 3.05) is 26.8 Å². The molecule has 0 radical (unpaired) electrons. The van der Waals surface area contributed by atoms with Crippen molar-refractivity contribution in [3.63, 3.8) is 0 Å². The number of ether oxygens (including phenoxy) is 1. The third kappa shape index (κ3) is 4.57. The summed E-state index contributed by atoms with van der Waals surface area (Å²) in [5, 5.41) is 0. The summed E-state index contributed by atoms with van der Waals surface area (Å²) >= 11 is 0. The number of hydrogen-bond donors (Lipinski definition) is 0. The lowest BCUT2D eigenvalue weighted by Crippen LogP contribution is -2.48. The van der Waals surface area contributed by atoms with Gasteiger partial charge in [-0.05, 0) is 30.9 Å². The molecule has 0 spiro atoms. The van der Waals surface area contributed by atoms with Gasteiger partial charge >= 0.3 is 0 Å². The molecular formula is C19H28N2O3. The lowest BCUT2D eigenvalue weighted by molar-refractivity contribution is -0.143. The molecule has 0 bridgehead atoms. The van der Waals surface area contributed by atoms with Crippen LogP contribution in [0.2, 0.25) is 0 Å². The second-order valence-corrected chi connectivity index (χ2v) is 6.29. The zero-order valence-corrected chi connectivity index (χ0v) is 15.0. The van der Waals surface area contributed by atoms with Crippen molar-refractivity contribution in [3.05, 3.63) is 35.4 Å². The van der Waals surface area contributed by atoms with Crippen LogP contribution in [-0.4, -0.2) is 54.5 Å². The Morgan fingerprint density at radius 2 is 1.96 bits per heavy atom. The summed E-state index contributed by atoms with van der Waals surface area (Å²) in [5.41, 5.74) is 2.38. The van der Waals surface area contributed by atoms with Crippen molar-refractivity contribution < 1.29 is 14.3 Å². The zero-order valence-electron chi connectivity index (χ0n) is 15.0. The molecule has 1 fully saturated rings. The van der Waals surface area contributed by atoms with Gasteiger partial charge in [-0.2, -0.15) is 0 Å². The standard InChI is InChI=1S/C19H28N2O3/c1-4-16-7-9-17(10-8-16)14-20(12-13-24-3)19(23)15(2)21-11-5-6-18(21)22/h7-10,15H,4-6,11-14H2,1-3H3. The van der Waals surface area contributed by atoms with Gasteiger partial charge in [-0.3, -0.25) is 9.59 Å². The molecule has 1 aliphatic heterocycles. The van der Waals surface area contributed by atoms with Crippen LogP contribution < -0.4 is 0 Å². The number of methoxy groups -OCH3 is 1. The number of benzene rings is 1. The smallest absolute Gasteiger partial charge is 0.245 e. The highest BCUT2D eigenvalue weighted by molar-refractivity contribution is 5.88. The summed E-state index contributed by atoms with van der Waals surface area (Å²) in [6, 6.07) is 7.92. The molecule has 1 aromatic rings. The topological polar surface area (TPSA) is 49.9 Å². The van der Waals surface area contributed by atoms with Crippen LogP contribution in [0.4, 0.5) is 0 Å². The molecule has 0 aromatic heterocycles. The predicted octanol–water partition coefficient (Wildman–Crippen LogP) is 2.23. The molecule has 1 heterocycles. The van der Waals surface area contributed by atoms with Crippen LogP contribution in [-0.2, 0) is 27.3 Å². The van der Waals surface area contributed by atoms with Gasteiger partial charge in [-0.25, -0.2) is 0 Å². The van der Waals surface area contributed by atoms with E-state index in [1.165, 1.54) is 5.56 Å². The molecule has 24 heavy (non-hydrogen) atoms. The van der Waals surface area contributed by atoms with Crippen LogP contribution in [0, 0.1) is 0 Å². The molecular weight excluding hydrogens is 304 g/mol. The molecule has 5 nitrogen and oxygen atoms in total. The van der Waals surface area contributed by atoms with Gasteiger partial charge in [0.1, 0.15) is 6.04 Å². The number of rotatable bonds is 8. The molecule has 2 amide bonds. The van der Waals surface area contributed by atoms with Gasteiger partial charge < -0.3 is 14.5 Å². The summed E-state index contributed by atoms with van der Waals surface area (Å²) < 4.78 is 5.15. The average Bonchev–Trinajstić information content (AvgIpc) is 3.03. The first-order chi connectivity index (χ1) is 11.6. The third-order valence-corrected chi connectivity index (χ3v) is 4.62. The zero-order chi connectivity index (χ0) is 17.5. The summed E-state index contributed by atoms with van der Waals surface area (Å²) in [7, 11) is 1.63. The number of aryl methyl sites for hydroxylation is 1. The van der Waals surface area contributed by atoms with E-state index < -0.39 is 6.04 Å². The summed E-state index contributed by atoms with van der Waals surface area (Å²) in [4.78, 5) is 28.3. The minimum Gasteiger partial charge on any atom is -0.383 e. The summed E-state index contributed by atoms with van der Waals surface area (Å²) in [6.45, 7) is 6.17. The number of hydrogen-bond acceptors (Lipinski definition) is 3. The number of amides is 2. The lowest BCUT2D eigenvalue weighted by Gasteiger charge is -2.30. The number of carbonyl (C=O) groups excluding carboxylic acids is 2. The Bertz CT molecular complexity index is 556. The lowest BCUT2D eigenvalue weighted by atomic mass is 10.1. The van der Waals surface area contributed by atoms with Crippen molar-refractivity contribution in [3.8, 4) is 0 Å². The number of likely N-dealkylation sites (tertiary alicyclic amines) is 1. The van der Waals surface area contributed by atoms with E-state index in [1.807, 2.05) is 6.92 Å².